The smallest absolute Gasteiger partial charge is 0.332 e. The third kappa shape index (κ3) is 0.565. The third-order valence-electron chi connectivity index (χ3n) is 5.61. The van der Waals surface area contributed by atoms with E-state index in [0.717, 1.165) is 18.0 Å². The van der Waals surface area contributed by atoms with Crippen molar-refractivity contribution >= 4 is 5.97 Å². The maximum Gasteiger partial charge on any atom is 0.332 e. The predicted octanol–water partition coefficient (Wildman–Crippen LogP) is 0.912. The standard InChI is InChI=1S/C13H14NO2/c15-11-6-8-3-4-9-7-13(8,16-11)12-10-2-1-5-14(9,10)12/h3-4,6,9-10,12H,1-2,5,7H2/q+1/t9-,10-,12+,13+,14?/m1/s1. The van der Waals surface area contributed by atoms with Crippen LogP contribution in [0.4, 0.5) is 0 Å². The Bertz CT molecular complexity index is 494. The van der Waals surface area contributed by atoms with E-state index in [1.807, 2.05) is 0 Å². The first-order valence-corrected chi connectivity index (χ1v) is 6.28. The van der Waals surface area contributed by atoms with Crippen molar-refractivity contribution in [2.75, 3.05) is 6.54 Å². The van der Waals surface area contributed by atoms with Crippen molar-refractivity contribution in [2.24, 2.45) is 0 Å². The van der Waals surface area contributed by atoms with Crippen molar-refractivity contribution in [3.8, 4) is 0 Å². The van der Waals surface area contributed by atoms with E-state index in [2.05, 4.69) is 12.2 Å². The first kappa shape index (κ1) is 8.07. The van der Waals surface area contributed by atoms with Crippen LogP contribution in [0.25, 0.3) is 0 Å². The van der Waals surface area contributed by atoms with E-state index in [0.29, 0.717) is 12.1 Å². The van der Waals surface area contributed by atoms with Crippen molar-refractivity contribution in [3.63, 3.8) is 0 Å². The Morgan fingerprint density at radius 1 is 1.50 bits per heavy atom. The Morgan fingerprint density at radius 3 is 3.38 bits per heavy atom. The van der Waals surface area contributed by atoms with Crippen molar-refractivity contribution in [3.05, 3.63) is 23.8 Å². The molecule has 5 aliphatic rings. The van der Waals surface area contributed by atoms with E-state index in [1.165, 1.54) is 23.9 Å². The SMILES string of the molecule is O=C1C=C2C=C[C@@H]3C[C@@]2(O1)[C@@H]1[C@H]2CCC[N+]321. The highest BCUT2D eigenvalue weighted by Gasteiger charge is 2.86. The van der Waals surface area contributed by atoms with Gasteiger partial charge in [-0.3, -0.25) is 4.48 Å². The van der Waals surface area contributed by atoms with Crippen LogP contribution < -0.4 is 0 Å². The highest BCUT2D eigenvalue weighted by atomic mass is 16.6. The van der Waals surface area contributed by atoms with Crippen LogP contribution in [0.3, 0.4) is 0 Å². The molecule has 5 atom stereocenters. The molecule has 4 heterocycles. The second kappa shape index (κ2) is 2.02. The van der Waals surface area contributed by atoms with Gasteiger partial charge in [0.2, 0.25) is 5.60 Å². The van der Waals surface area contributed by atoms with Crippen LogP contribution in [0.2, 0.25) is 0 Å². The molecule has 0 amide bonds. The largest absolute Gasteiger partial charge is 0.444 e. The minimum absolute atomic E-state index is 0.119. The van der Waals surface area contributed by atoms with Gasteiger partial charge >= 0.3 is 5.97 Å². The minimum atomic E-state index is -0.207. The number of carbonyl (C=O) groups excluding carboxylic acids is 1. The van der Waals surface area contributed by atoms with Crippen LogP contribution in [-0.4, -0.2) is 40.7 Å². The average Bonchev–Trinajstić information content (AvgIpc) is 2.62. The Labute approximate surface area is 94.0 Å². The first-order valence-electron chi connectivity index (χ1n) is 6.28. The van der Waals surface area contributed by atoms with Gasteiger partial charge in [0.05, 0.1) is 13.0 Å². The summed E-state index contributed by atoms with van der Waals surface area (Å²) in [6.07, 6.45) is 9.92. The summed E-state index contributed by atoms with van der Waals surface area (Å²) >= 11 is 0. The van der Waals surface area contributed by atoms with Gasteiger partial charge in [-0.25, -0.2) is 4.79 Å². The lowest BCUT2D eigenvalue weighted by atomic mass is 9.81. The molecule has 2 spiro atoms. The van der Waals surface area contributed by atoms with Crippen LogP contribution in [0.5, 0.6) is 0 Å². The molecule has 82 valence electrons. The van der Waals surface area contributed by atoms with Crippen LogP contribution in [0.1, 0.15) is 19.3 Å². The molecular formula is C13H14NO2+. The lowest BCUT2D eigenvalue weighted by Crippen LogP contribution is -2.40. The highest BCUT2D eigenvalue weighted by Crippen LogP contribution is 2.67. The number of carbonyl (C=O) groups is 1. The van der Waals surface area contributed by atoms with Crippen molar-refractivity contribution in [2.45, 2.75) is 43.0 Å². The topological polar surface area (TPSA) is 26.3 Å². The number of hydrogen-bond acceptors (Lipinski definition) is 2. The van der Waals surface area contributed by atoms with Crippen molar-refractivity contribution < 1.29 is 14.0 Å². The number of nitrogens with zero attached hydrogens (tertiary/aromatic N) is 1. The summed E-state index contributed by atoms with van der Waals surface area (Å²) in [6.45, 7) is 1.30. The quantitative estimate of drug-likeness (QED) is 0.342. The molecule has 0 aromatic rings. The fraction of sp³-hybridized carbons (Fsp3) is 0.615. The number of hydrogen-bond donors (Lipinski definition) is 0. The fourth-order valence-electron chi connectivity index (χ4n) is 5.21. The number of ether oxygens (including phenoxy) is 1. The summed E-state index contributed by atoms with van der Waals surface area (Å²) < 4.78 is 6.98. The molecule has 0 radical (unpaired) electrons. The van der Waals surface area contributed by atoms with E-state index in [9.17, 15) is 4.79 Å². The molecule has 1 aliphatic carbocycles. The molecule has 3 heteroatoms. The number of rotatable bonds is 0. The fourth-order valence-corrected chi connectivity index (χ4v) is 5.21. The van der Waals surface area contributed by atoms with E-state index in [1.54, 1.807) is 6.08 Å². The number of esters is 1. The molecule has 5 rings (SSSR count). The summed E-state index contributed by atoms with van der Waals surface area (Å²) in [5.41, 5.74) is 0.949. The second-order valence-corrected chi connectivity index (χ2v) is 5.91. The summed E-state index contributed by atoms with van der Waals surface area (Å²) in [7, 11) is 0. The Hall–Kier alpha value is -1.09. The third-order valence-corrected chi connectivity index (χ3v) is 5.61. The molecule has 3 fully saturated rings. The molecular weight excluding hydrogens is 202 g/mol. The zero-order valence-corrected chi connectivity index (χ0v) is 9.06. The van der Waals surface area contributed by atoms with Crippen LogP contribution >= 0.6 is 0 Å². The maximum atomic E-state index is 11.5. The van der Waals surface area contributed by atoms with Gasteiger partial charge in [-0.2, -0.15) is 0 Å². The van der Waals surface area contributed by atoms with E-state index >= 15 is 0 Å². The van der Waals surface area contributed by atoms with Gasteiger partial charge < -0.3 is 4.74 Å². The summed E-state index contributed by atoms with van der Waals surface area (Å²) in [6, 6.07) is 2.01. The van der Waals surface area contributed by atoms with Crippen molar-refractivity contribution in [1.82, 2.24) is 0 Å². The van der Waals surface area contributed by atoms with Gasteiger partial charge in [-0.05, 0) is 6.08 Å². The molecule has 0 saturated carbocycles. The molecule has 4 aliphatic heterocycles. The monoisotopic (exact) mass is 216 g/mol. The van der Waals surface area contributed by atoms with Gasteiger partial charge in [0, 0.05) is 24.5 Å². The molecule has 0 N–H and O–H groups in total. The lowest BCUT2D eigenvalue weighted by molar-refractivity contribution is -0.826. The molecule has 1 unspecified atom stereocenters. The Balaban J connectivity index is 1.74. The van der Waals surface area contributed by atoms with Crippen LogP contribution in [0, 0.1) is 0 Å². The zero-order valence-electron chi connectivity index (χ0n) is 9.06. The summed E-state index contributed by atoms with van der Waals surface area (Å²) in [4.78, 5) is 11.5. The van der Waals surface area contributed by atoms with Gasteiger partial charge in [0.25, 0.3) is 0 Å². The van der Waals surface area contributed by atoms with Gasteiger partial charge in [0.1, 0.15) is 12.1 Å². The van der Waals surface area contributed by atoms with Crippen molar-refractivity contribution in [1.29, 1.82) is 0 Å². The molecule has 2 bridgehead atoms. The number of quaternary nitrogens is 1. The average molecular weight is 216 g/mol. The Morgan fingerprint density at radius 2 is 2.44 bits per heavy atom. The van der Waals surface area contributed by atoms with Crippen LogP contribution in [-0.2, 0) is 9.53 Å². The minimum Gasteiger partial charge on any atom is -0.444 e. The molecule has 0 aromatic carbocycles. The molecule has 3 nitrogen and oxygen atoms in total. The van der Waals surface area contributed by atoms with Gasteiger partial charge in [-0.15, -0.1) is 0 Å². The highest BCUT2D eigenvalue weighted by molar-refractivity contribution is 5.88. The zero-order chi connectivity index (χ0) is 10.5. The molecule has 3 saturated heterocycles. The van der Waals surface area contributed by atoms with E-state index in [4.69, 9.17) is 4.74 Å². The van der Waals surface area contributed by atoms with Gasteiger partial charge in [0.15, 0.2) is 6.04 Å². The predicted molar refractivity (Wildman–Crippen MR) is 56.4 cm³/mol. The number of fused-ring (bicyclic) bond motifs is 2. The summed E-state index contributed by atoms with van der Waals surface area (Å²) in [5, 5.41) is 0. The second-order valence-electron chi connectivity index (χ2n) is 5.91. The lowest BCUT2D eigenvalue weighted by Gasteiger charge is -2.27. The maximum absolute atomic E-state index is 11.5. The van der Waals surface area contributed by atoms with Crippen LogP contribution in [0.15, 0.2) is 23.8 Å². The van der Waals surface area contributed by atoms with E-state index < -0.39 is 0 Å². The normalized spacial score (nSPS) is 58.9. The van der Waals surface area contributed by atoms with E-state index in [-0.39, 0.29) is 11.6 Å². The number of piperidine rings is 2. The summed E-state index contributed by atoms with van der Waals surface area (Å²) in [5.74, 6) is -0.119. The Kier molecular flexibility index (Phi) is 1.02. The van der Waals surface area contributed by atoms with Gasteiger partial charge in [-0.1, -0.05) is 6.08 Å². The first-order chi connectivity index (χ1) is 7.77. The molecule has 16 heavy (non-hydrogen) atoms. The molecule has 0 aromatic heterocycles.